The summed E-state index contributed by atoms with van der Waals surface area (Å²) in [5.74, 6) is -0.288. The molecule has 4 heteroatoms. The summed E-state index contributed by atoms with van der Waals surface area (Å²) in [5.41, 5.74) is 3.25. The number of hydrogen-bond donors (Lipinski definition) is 1. The Balaban J connectivity index is 1.99. The predicted molar refractivity (Wildman–Crippen MR) is 69.5 cm³/mol. The summed E-state index contributed by atoms with van der Waals surface area (Å²) in [6.45, 7) is 0.0446. The zero-order valence-corrected chi connectivity index (χ0v) is 10.8. The van der Waals surface area contributed by atoms with Crippen LogP contribution in [-0.4, -0.2) is 37.4 Å². The highest BCUT2D eigenvalue weighted by molar-refractivity contribution is 5.96. The standard InChI is InChI=1S/C14H18N2O2/c1-16(2)13(17)9-15-14(18)12-7-6-10-4-3-5-11(10)8-12/h6-8H,3-5,9H2,1-2H3,(H,15,18). The van der Waals surface area contributed by atoms with Gasteiger partial charge in [0.25, 0.3) is 5.91 Å². The molecule has 0 aliphatic heterocycles. The number of carbonyl (C=O) groups is 2. The normalized spacial score (nSPS) is 13.0. The smallest absolute Gasteiger partial charge is 0.251 e. The number of aryl methyl sites for hydroxylation is 2. The van der Waals surface area contributed by atoms with Gasteiger partial charge in [0, 0.05) is 19.7 Å². The van der Waals surface area contributed by atoms with Crippen molar-refractivity contribution in [2.24, 2.45) is 0 Å². The van der Waals surface area contributed by atoms with Gasteiger partial charge in [0.15, 0.2) is 0 Å². The summed E-state index contributed by atoms with van der Waals surface area (Å²) in [5, 5.41) is 2.64. The van der Waals surface area contributed by atoms with Crippen LogP contribution in [0.25, 0.3) is 0 Å². The van der Waals surface area contributed by atoms with Gasteiger partial charge in [-0.25, -0.2) is 0 Å². The van der Waals surface area contributed by atoms with E-state index in [9.17, 15) is 9.59 Å². The third-order valence-corrected chi connectivity index (χ3v) is 3.26. The highest BCUT2D eigenvalue weighted by atomic mass is 16.2. The molecule has 0 spiro atoms. The quantitative estimate of drug-likeness (QED) is 0.864. The van der Waals surface area contributed by atoms with Gasteiger partial charge in [0.2, 0.25) is 5.91 Å². The fourth-order valence-corrected chi connectivity index (χ4v) is 2.13. The average molecular weight is 246 g/mol. The molecule has 0 radical (unpaired) electrons. The molecule has 0 bridgehead atoms. The Kier molecular flexibility index (Phi) is 3.65. The SMILES string of the molecule is CN(C)C(=O)CNC(=O)c1ccc2c(c1)CCC2. The van der Waals surface area contributed by atoms with Gasteiger partial charge in [-0.3, -0.25) is 9.59 Å². The van der Waals surface area contributed by atoms with E-state index >= 15 is 0 Å². The van der Waals surface area contributed by atoms with Crippen LogP contribution in [0.1, 0.15) is 27.9 Å². The van der Waals surface area contributed by atoms with Crippen molar-refractivity contribution in [2.75, 3.05) is 20.6 Å². The third kappa shape index (κ3) is 2.70. The van der Waals surface area contributed by atoms with E-state index in [1.807, 2.05) is 18.2 Å². The summed E-state index contributed by atoms with van der Waals surface area (Å²) >= 11 is 0. The summed E-state index contributed by atoms with van der Waals surface area (Å²) < 4.78 is 0. The lowest BCUT2D eigenvalue weighted by Crippen LogP contribution is -2.36. The number of nitrogens with zero attached hydrogens (tertiary/aromatic N) is 1. The summed E-state index contributed by atoms with van der Waals surface area (Å²) in [6.07, 6.45) is 3.32. The van der Waals surface area contributed by atoms with E-state index in [-0.39, 0.29) is 18.4 Å². The number of benzene rings is 1. The summed E-state index contributed by atoms with van der Waals surface area (Å²) in [4.78, 5) is 24.7. The Bertz CT molecular complexity index is 481. The molecule has 0 unspecified atom stereocenters. The number of rotatable bonds is 3. The minimum atomic E-state index is -0.181. The van der Waals surface area contributed by atoms with Crippen LogP contribution in [0.15, 0.2) is 18.2 Å². The van der Waals surface area contributed by atoms with Crippen LogP contribution >= 0.6 is 0 Å². The number of hydrogen-bond acceptors (Lipinski definition) is 2. The summed E-state index contributed by atoms with van der Waals surface area (Å²) in [7, 11) is 3.34. The minimum absolute atomic E-state index is 0.0446. The van der Waals surface area contributed by atoms with E-state index < -0.39 is 0 Å². The van der Waals surface area contributed by atoms with E-state index in [1.165, 1.54) is 22.4 Å². The van der Waals surface area contributed by atoms with Gasteiger partial charge in [-0.1, -0.05) is 6.07 Å². The Hall–Kier alpha value is -1.84. The first-order valence-corrected chi connectivity index (χ1v) is 6.18. The van der Waals surface area contributed by atoms with E-state index in [1.54, 1.807) is 14.1 Å². The van der Waals surface area contributed by atoms with Crippen molar-refractivity contribution in [3.63, 3.8) is 0 Å². The van der Waals surface area contributed by atoms with Gasteiger partial charge in [-0.05, 0) is 42.5 Å². The minimum Gasteiger partial charge on any atom is -0.347 e. The molecule has 0 fully saturated rings. The van der Waals surface area contributed by atoms with Gasteiger partial charge in [-0.2, -0.15) is 0 Å². The maximum absolute atomic E-state index is 11.9. The molecule has 4 nitrogen and oxygen atoms in total. The molecule has 1 aliphatic carbocycles. The molecule has 18 heavy (non-hydrogen) atoms. The van der Waals surface area contributed by atoms with Crippen molar-refractivity contribution in [1.82, 2.24) is 10.2 Å². The first kappa shape index (κ1) is 12.6. The molecule has 1 aromatic rings. The van der Waals surface area contributed by atoms with Crippen LogP contribution in [0.3, 0.4) is 0 Å². The van der Waals surface area contributed by atoms with Crippen LogP contribution in [0.2, 0.25) is 0 Å². The molecule has 0 atom stereocenters. The van der Waals surface area contributed by atoms with Gasteiger partial charge in [0.05, 0.1) is 6.54 Å². The molecule has 1 aliphatic rings. The Morgan fingerprint density at radius 3 is 2.67 bits per heavy atom. The molecule has 0 heterocycles. The van der Waals surface area contributed by atoms with E-state index in [0.717, 1.165) is 12.8 Å². The van der Waals surface area contributed by atoms with Gasteiger partial charge < -0.3 is 10.2 Å². The second kappa shape index (κ2) is 5.21. The fraction of sp³-hybridized carbons (Fsp3) is 0.429. The molecule has 0 aromatic heterocycles. The average Bonchev–Trinajstić information content (AvgIpc) is 2.82. The first-order chi connectivity index (χ1) is 8.58. The zero-order chi connectivity index (χ0) is 13.1. The molecule has 0 saturated carbocycles. The lowest BCUT2D eigenvalue weighted by Gasteiger charge is -2.11. The topological polar surface area (TPSA) is 49.4 Å². The van der Waals surface area contributed by atoms with Crippen LogP contribution in [-0.2, 0) is 17.6 Å². The highest BCUT2D eigenvalue weighted by Crippen LogP contribution is 2.22. The van der Waals surface area contributed by atoms with Crippen molar-refractivity contribution in [2.45, 2.75) is 19.3 Å². The second-order valence-corrected chi connectivity index (χ2v) is 4.81. The zero-order valence-electron chi connectivity index (χ0n) is 10.8. The Morgan fingerprint density at radius 2 is 1.94 bits per heavy atom. The summed E-state index contributed by atoms with van der Waals surface area (Å²) in [6, 6.07) is 5.79. The van der Waals surface area contributed by atoms with Gasteiger partial charge >= 0.3 is 0 Å². The van der Waals surface area contributed by atoms with Crippen LogP contribution < -0.4 is 5.32 Å². The number of amides is 2. The molecular weight excluding hydrogens is 228 g/mol. The lowest BCUT2D eigenvalue weighted by atomic mass is 10.1. The number of likely N-dealkylation sites (N-methyl/N-ethyl adjacent to an activating group) is 1. The monoisotopic (exact) mass is 246 g/mol. The van der Waals surface area contributed by atoms with Crippen LogP contribution in [0, 0.1) is 0 Å². The molecule has 1 N–H and O–H groups in total. The van der Waals surface area contributed by atoms with Crippen molar-refractivity contribution in [3.8, 4) is 0 Å². The van der Waals surface area contributed by atoms with Gasteiger partial charge in [0.1, 0.15) is 0 Å². The van der Waals surface area contributed by atoms with Crippen molar-refractivity contribution >= 4 is 11.8 Å². The van der Waals surface area contributed by atoms with Crippen molar-refractivity contribution < 1.29 is 9.59 Å². The fourth-order valence-electron chi connectivity index (χ4n) is 2.13. The molecule has 0 saturated heterocycles. The second-order valence-electron chi connectivity index (χ2n) is 4.81. The number of nitrogens with one attached hydrogen (secondary N) is 1. The maximum Gasteiger partial charge on any atom is 0.251 e. The lowest BCUT2D eigenvalue weighted by molar-refractivity contribution is -0.127. The highest BCUT2D eigenvalue weighted by Gasteiger charge is 2.14. The number of fused-ring (bicyclic) bond motifs is 1. The molecule has 2 rings (SSSR count). The van der Waals surface area contributed by atoms with E-state index in [0.29, 0.717) is 5.56 Å². The van der Waals surface area contributed by atoms with E-state index in [2.05, 4.69) is 5.32 Å². The Labute approximate surface area is 107 Å². The van der Waals surface area contributed by atoms with Crippen LogP contribution in [0.5, 0.6) is 0 Å². The van der Waals surface area contributed by atoms with Crippen molar-refractivity contribution in [1.29, 1.82) is 0 Å². The molecule has 2 amide bonds. The molecule has 96 valence electrons. The number of carbonyl (C=O) groups excluding carboxylic acids is 2. The molecule has 1 aromatic carbocycles. The Morgan fingerprint density at radius 1 is 1.22 bits per heavy atom. The van der Waals surface area contributed by atoms with Crippen molar-refractivity contribution in [3.05, 3.63) is 34.9 Å². The largest absolute Gasteiger partial charge is 0.347 e. The van der Waals surface area contributed by atoms with Crippen LogP contribution in [0.4, 0.5) is 0 Å². The van der Waals surface area contributed by atoms with E-state index in [4.69, 9.17) is 0 Å². The predicted octanol–water partition coefficient (Wildman–Crippen LogP) is 0.993. The third-order valence-electron chi connectivity index (χ3n) is 3.26. The first-order valence-electron chi connectivity index (χ1n) is 6.18. The molecular formula is C14H18N2O2. The van der Waals surface area contributed by atoms with Gasteiger partial charge in [-0.15, -0.1) is 0 Å². The maximum atomic E-state index is 11.9.